The topological polar surface area (TPSA) is 54.9 Å². The Labute approximate surface area is 117 Å². The predicted octanol–water partition coefficient (Wildman–Crippen LogP) is 2.06. The smallest absolute Gasteiger partial charge is 0.295 e. The third kappa shape index (κ3) is 2.19. The second-order valence-electron chi connectivity index (χ2n) is 3.29. The molecule has 0 saturated heterocycles. The number of benzene rings is 1. The van der Waals surface area contributed by atoms with E-state index in [1.54, 1.807) is 22.6 Å². The number of hydrogen-bond acceptors (Lipinski definition) is 2. The van der Waals surface area contributed by atoms with Gasteiger partial charge in [0.1, 0.15) is 5.82 Å². The van der Waals surface area contributed by atoms with Crippen LogP contribution < -0.4 is 11.2 Å². The molecule has 0 fully saturated rings. The molecule has 18 heavy (non-hydrogen) atoms. The van der Waals surface area contributed by atoms with Crippen LogP contribution in [-0.2, 0) is 0 Å². The fraction of sp³-hybridized carbons (Fsp3) is 0. The van der Waals surface area contributed by atoms with Crippen molar-refractivity contribution in [2.24, 2.45) is 0 Å². The number of halogens is 4. The standard InChI is InChI=1S/C10H4ClF2IN2O2/c11-8-7(13)9(17)16(10(18)15-8)6-2-1-4(12)3-5(6)14/h1-3H,(H,15,18). The molecule has 0 amide bonds. The van der Waals surface area contributed by atoms with E-state index in [1.807, 2.05) is 4.98 Å². The monoisotopic (exact) mass is 384 g/mol. The molecule has 1 N–H and O–H groups in total. The minimum atomic E-state index is -1.27. The fourth-order valence-corrected chi connectivity index (χ4v) is 2.25. The number of H-pyrrole nitrogens is 1. The summed E-state index contributed by atoms with van der Waals surface area (Å²) in [6.07, 6.45) is 0. The van der Waals surface area contributed by atoms with Crippen molar-refractivity contribution in [3.05, 3.63) is 59.4 Å². The Balaban J connectivity index is 2.84. The first-order valence-electron chi connectivity index (χ1n) is 4.57. The van der Waals surface area contributed by atoms with Crippen LogP contribution in [0.1, 0.15) is 0 Å². The van der Waals surface area contributed by atoms with Gasteiger partial charge >= 0.3 is 5.69 Å². The molecule has 0 saturated carbocycles. The second-order valence-corrected chi connectivity index (χ2v) is 4.83. The van der Waals surface area contributed by atoms with Crippen molar-refractivity contribution in [2.75, 3.05) is 0 Å². The summed E-state index contributed by atoms with van der Waals surface area (Å²) in [5.41, 5.74) is -2.00. The summed E-state index contributed by atoms with van der Waals surface area (Å²) in [6.45, 7) is 0. The molecule has 0 unspecified atom stereocenters. The summed E-state index contributed by atoms with van der Waals surface area (Å²) in [5, 5.41) is -0.654. The summed E-state index contributed by atoms with van der Waals surface area (Å²) in [5.74, 6) is -1.79. The lowest BCUT2D eigenvalue weighted by atomic mass is 10.3. The Morgan fingerprint density at radius 1 is 1.28 bits per heavy atom. The molecule has 94 valence electrons. The number of rotatable bonds is 1. The quantitative estimate of drug-likeness (QED) is 0.604. The Hall–Kier alpha value is -1.22. The van der Waals surface area contributed by atoms with Crippen molar-refractivity contribution in [2.45, 2.75) is 0 Å². The number of aromatic amines is 1. The summed E-state index contributed by atoms with van der Waals surface area (Å²) in [4.78, 5) is 25.2. The van der Waals surface area contributed by atoms with Crippen LogP contribution in [-0.4, -0.2) is 9.55 Å². The summed E-state index contributed by atoms with van der Waals surface area (Å²) >= 11 is 7.07. The Kier molecular flexibility index (Phi) is 3.53. The molecule has 0 aliphatic rings. The van der Waals surface area contributed by atoms with Gasteiger partial charge in [0.15, 0.2) is 5.15 Å². The summed E-state index contributed by atoms with van der Waals surface area (Å²) in [7, 11) is 0. The molecule has 0 atom stereocenters. The van der Waals surface area contributed by atoms with Gasteiger partial charge in [-0.3, -0.25) is 9.78 Å². The lowest BCUT2D eigenvalue weighted by molar-refractivity contribution is 0.583. The number of aromatic nitrogens is 2. The second kappa shape index (κ2) is 4.81. The van der Waals surface area contributed by atoms with Crippen molar-refractivity contribution < 1.29 is 8.78 Å². The van der Waals surface area contributed by atoms with Gasteiger partial charge < -0.3 is 0 Å². The van der Waals surface area contributed by atoms with Crippen LogP contribution in [0.4, 0.5) is 8.78 Å². The highest BCUT2D eigenvalue weighted by Gasteiger charge is 2.15. The van der Waals surface area contributed by atoms with Crippen LogP contribution in [0.3, 0.4) is 0 Å². The first-order valence-corrected chi connectivity index (χ1v) is 6.03. The first kappa shape index (κ1) is 13.2. The maximum atomic E-state index is 13.4. The van der Waals surface area contributed by atoms with E-state index >= 15 is 0 Å². The van der Waals surface area contributed by atoms with Crippen molar-refractivity contribution >= 4 is 34.2 Å². The Morgan fingerprint density at radius 3 is 2.56 bits per heavy atom. The van der Waals surface area contributed by atoms with Gasteiger partial charge in [-0.1, -0.05) is 11.6 Å². The van der Waals surface area contributed by atoms with E-state index < -0.39 is 28.0 Å². The largest absolute Gasteiger partial charge is 0.334 e. The molecular formula is C10H4ClF2IN2O2. The van der Waals surface area contributed by atoms with Crippen LogP contribution in [0.25, 0.3) is 5.69 Å². The molecule has 4 nitrogen and oxygen atoms in total. The normalized spacial score (nSPS) is 10.7. The average Bonchev–Trinajstić information content (AvgIpc) is 2.29. The average molecular weight is 385 g/mol. The molecule has 2 aromatic rings. The molecule has 0 bridgehead atoms. The third-order valence-electron chi connectivity index (χ3n) is 2.15. The van der Waals surface area contributed by atoms with Gasteiger partial charge in [-0.15, -0.1) is 0 Å². The van der Waals surface area contributed by atoms with Crippen LogP contribution in [0.2, 0.25) is 5.15 Å². The minimum absolute atomic E-state index is 0.0822. The molecule has 0 aliphatic carbocycles. The maximum absolute atomic E-state index is 13.4. The van der Waals surface area contributed by atoms with E-state index in [2.05, 4.69) is 0 Å². The Morgan fingerprint density at radius 2 is 1.94 bits per heavy atom. The number of nitrogens with zero attached hydrogens (tertiary/aromatic N) is 1. The summed E-state index contributed by atoms with van der Waals surface area (Å²) in [6, 6.07) is 3.39. The van der Waals surface area contributed by atoms with Crippen molar-refractivity contribution in [1.82, 2.24) is 9.55 Å². The molecular weight excluding hydrogens is 380 g/mol. The molecule has 8 heteroatoms. The molecule has 0 spiro atoms. The maximum Gasteiger partial charge on any atom is 0.334 e. The van der Waals surface area contributed by atoms with E-state index in [0.717, 1.165) is 12.1 Å². The highest BCUT2D eigenvalue weighted by molar-refractivity contribution is 14.1. The van der Waals surface area contributed by atoms with Gasteiger partial charge in [-0.25, -0.2) is 13.8 Å². The zero-order valence-electron chi connectivity index (χ0n) is 8.51. The zero-order valence-corrected chi connectivity index (χ0v) is 11.4. The molecule has 1 aromatic carbocycles. The van der Waals surface area contributed by atoms with E-state index in [9.17, 15) is 18.4 Å². The Bertz CT molecular complexity index is 742. The van der Waals surface area contributed by atoms with E-state index in [4.69, 9.17) is 11.6 Å². The molecule has 1 aromatic heterocycles. The van der Waals surface area contributed by atoms with Gasteiger partial charge in [-0.2, -0.15) is 4.39 Å². The van der Waals surface area contributed by atoms with Gasteiger partial charge in [0.05, 0.1) is 5.69 Å². The van der Waals surface area contributed by atoms with Gasteiger partial charge in [0.25, 0.3) is 5.56 Å². The van der Waals surface area contributed by atoms with E-state index in [-0.39, 0.29) is 5.69 Å². The van der Waals surface area contributed by atoms with E-state index in [0.29, 0.717) is 8.14 Å². The lowest BCUT2D eigenvalue weighted by Crippen LogP contribution is -2.36. The van der Waals surface area contributed by atoms with Crippen molar-refractivity contribution in [3.63, 3.8) is 0 Å². The molecule has 0 aliphatic heterocycles. The predicted molar refractivity (Wildman–Crippen MR) is 70.3 cm³/mol. The van der Waals surface area contributed by atoms with E-state index in [1.165, 1.54) is 6.07 Å². The van der Waals surface area contributed by atoms with Crippen LogP contribution in [0, 0.1) is 15.2 Å². The third-order valence-corrected chi connectivity index (χ3v) is 3.28. The molecule has 0 radical (unpaired) electrons. The van der Waals surface area contributed by atoms with Gasteiger partial charge in [0.2, 0.25) is 5.82 Å². The first-order chi connectivity index (χ1) is 8.41. The van der Waals surface area contributed by atoms with Crippen molar-refractivity contribution in [3.8, 4) is 5.69 Å². The molecule has 1 heterocycles. The lowest BCUT2D eigenvalue weighted by Gasteiger charge is -2.07. The highest BCUT2D eigenvalue weighted by Crippen LogP contribution is 2.16. The van der Waals surface area contributed by atoms with Crippen LogP contribution in [0.5, 0.6) is 0 Å². The van der Waals surface area contributed by atoms with Crippen LogP contribution in [0.15, 0.2) is 27.8 Å². The summed E-state index contributed by atoms with van der Waals surface area (Å²) < 4.78 is 27.1. The highest BCUT2D eigenvalue weighted by atomic mass is 127. The van der Waals surface area contributed by atoms with Crippen LogP contribution >= 0.6 is 34.2 Å². The van der Waals surface area contributed by atoms with Crippen molar-refractivity contribution in [1.29, 1.82) is 0 Å². The number of hydrogen-bond donors (Lipinski definition) is 1. The SMILES string of the molecule is O=c1[nH]c(Cl)c(F)c(=O)n1-c1ccc(F)cc1I. The fourth-order valence-electron chi connectivity index (χ4n) is 1.37. The van der Waals surface area contributed by atoms with Gasteiger partial charge in [0, 0.05) is 3.57 Å². The number of nitrogens with one attached hydrogen (secondary N) is 1. The zero-order chi connectivity index (χ0) is 13.4. The molecule has 2 rings (SSSR count). The van der Waals surface area contributed by atoms with Gasteiger partial charge in [-0.05, 0) is 40.8 Å². The minimum Gasteiger partial charge on any atom is -0.295 e.